The first-order valence-corrected chi connectivity index (χ1v) is 7.14. The van der Waals surface area contributed by atoms with Gasteiger partial charge >= 0.3 is 0 Å². The molecule has 0 aliphatic rings. The Labute approximate surface area is 126 Å². The Morgan fingerprint density at radius 1 is 1.05 bits per heavy atom. The Hall–Kier alpha value is -1.69. The second-order valence-corrected chi connectivity index (χ2v) is 4.36. The molecule has 0 fully saturated rings. The maximum absolute atomic E-state index is 11.5. The van der Waals surface area contributed by atoms with Crippen molar-refractivity contribution in [3.63, 3.8) is 0 Å². The molecule has 0 aromatic heterocycles. The van der Waals surface area contributed by atoms with Crippen molar-refractivity contribution in [3.8, 4) is 0 Å². The summed E-state index contributed by atoms with van der Waals surface area (Å²) < 4.78 is 10.6. The lowest BCUT2D eigenvalue weighted by molar-refractivity contribution is -0.116. The Balaban J connectivity index is 1.97. The molecule has 21 heavy (non-hydrogen) atoms. The summed E-state index contributed by atoms with van der Waals surface area (Å²) in [6.45, 7) is 3.61. The summed E-state index contributed by atoms with van der Waals surface area (Å²) >= 11 is 0. The van der Waals surface area contributed by atoms with Crippen LogP contribution < -0.4 is 10.6 Å². The van der Waals surface area contributed by atoms with Gasteiger partial charge in [0.2, 0.25) is 5.91 Å². The lowest BCUT2D eigenvalue weighted by Gasteiger charge is -2.06. The number of benzene rings is 1. The van der Waals surface area contributed by atoms with Gasteiger partial charge in [0.25, 0.3) is 0 Å². The molecule has 0 atom stereocenters. The molecule has 0 aliphatic heterocycles. The van der Waals surface area contributed by atoms with Gasteiger partial charge < -0.3 is 20.1 Å². The van der Waals surface area contributed by atoms with Crippen molar-refractivity contribution in [2.75, 3.05) is 46.6 Å². The Morgan fingerprint density at radius 3 is 2.38 bits per heavy atom. The van der Waals surface area contributed by atoms with E-state index in [0.717, 1.165) is 12.1 Å². The zero-order valence-corrected chi connectivity index (χ0v) is 12.5. The molecule has 2 N–H and O–H groups in total. The van der Waals surface area contributed by atoms with Crippen LogP contribution in [0.25, 0.3) is 6.08 Å². The van der Waals surface area contributed by atoms with Gasteiger partial charge in [-0.05, 0) is 18.7 Å². The second kappa shape index (κ2) is 12.1. The van der Waals surface area contributed by atoms with E-state index in [9.17, 15) is 4.79 Å². The Morgan fingerprint density at radius 2 is 1.71 bits per heavy atom. The zero-order valence-electron chi connectivity index (χ0n) is 12.5. The van der Waals surface area contributed by atoms with Crippen LogP contribution in [0.3, 0.4) is 0 Å². The van der Waals surface area contributed by atoms with Gasteiger partial charge in [0.15, 0.2) is 0 Å². The zero-order chi connectivity index (χ0) is 15.2. The molecule has 0 saturated heterocycles. The van der Waals surface area contributed by atoms with Gasteiger partial charge in [-0.25, -0.2) is 0 Å². The van der Waals surface area contributed by atoms with Crippen LogP contribution in [-0.4, -0.2) is 52.5 Å². The van der Waals surface area contributed by atoms with Gasteiger partial charge in [-0.3, -0.25) is 4.79 Å². The molecule has 0 radical (unpaired) electrons. The molecule has 1 aromatic carbocycles. The fraction of sp³-hybridized carbons (Fsp3) is 0.438. The van der Waals surface area contributed by atoms with Crippen LogP contribution in [0.5, 0.6) is 0 Å². The molecule has 0 heterocycles. The molecule has 1 rings (SSSR count). The molecule has 0 spiro atoms. The first kappa shape index (κ1) is 17.4. The minimum Gasteiger partial charge on any atom is -0.378 e. The molecular formula is C16H24N2O3. The average Bonchev–Trinajstić information content (AvgIpc) is 2.52. The number of hydrogen-bond acceptors (Lipinski definition) is 4. The third kappa shape index (κ3) is 9.79. The number of carbonyl (C=O) groups excluding carboxylic acids is 1. The minimum atomic E-state index is -0.118. The number of nitrogens with one attached hydrogen (secondary N) is 2. The topological polar surface area (TPSA) is 59.6 Å². The second-order valence-electron chi connectivity index (χ2n) is 4.36. The van der Waals surface area contributed by atoms with E-state index in [4.69, 9.17) is 9.47 Å². The number of ether oxygens (including phenoxy) is 2. The summed E-state index contributed by atoms with van der Waals surface area (Å²) in [4.78, 5) is 11.5. The van der Waals surface area contributed by atoms with E-state index < -0.39 is 0 Å². The summed E-state index contributed by atoms with van der Waals surface area (Å²) in [5, 5.41) is 5.76. The third-order valence-corrected chi connectivity index (χ3v) is 2.64. The SMILES string of the molecule is CNCCOCCOCCNC(=O)/C=C/c1ccccc1. The first-order valence-electron chi connectivity index (χ1n) is 7.14. The summed E-state index contributed by atoms with van der Waals surface area (Å²) in [6, 6.07) is 9.70. The predicted molar refractivity (Wildman–Crippen MR) is 84.1 cm³/mol. The van der Waals surface area contributed by atoms with Crippen LogP contribution in [0.1, 0.15) is 5.56 Å². The number of carbonyl (C=O) groups is 1. The van der Waals surface area contributed by atoms with Crippen molar-refractivity contribution in [1.29, 1.82) is 0 Å². The highest BCUT2D eigenvalue weighted by molar-refractivity contribution is 5.91. The molecule has 5 nitrogen and oxygen atoms in total. The molecule has 1 amide bonds. The maximum Gasteiger partial charge on any atom is 0.244 e. The molecule has 1 aromatic rings. The van der Waals surface area contributed by atoms with E-state index in [1.165, 1.54) is 6.08 Å². The number of likely N-dealkylation sites (N-methyl/N-ethyl adjacent to an activating group) is 1. The Bertz CT molecular complexity index is 407. The summed E-state index contributed by atoms with van der Waals surface area (Å²) in [7, 11) is 1.88. The fourth-order valence-corrected chi connectivity index (χ4v) is 1.54. The highest BCUT2D eigenvalue weighted by Crippen LogP contribution is 2.00. The van der Waals surface area contributed by atoms with E-state index in [-0.39, 0.29) is 5.91 Å². The van der Waals surface area contributed by atoms with Crippen molar-refractivity contribution in [3.05, 3.63) is 42.0 Å². The minimum absolute atomic E-state index is 0.118. The van der Waals surface area contributed by atoms with Crippen molar-refractivity contribution < 1.29 is 14.3 Å². The van der Waals surface area contributed by atoms with Crippen LogP contribution in [0.4, 0.5) is 0 Å². The summed E-state index contributed by atoms with van der Waals surface area (Å²) in [5.41, 5.74) is 1.00. The lowest BCUT2D eigenvalue weighted by Crippen LogP contribution is -2.26. The molecule has 0 saturated carbocycles. The van der Waals surface area contributed by atoms with E-state index in [1.54, 1.807) is 6.08 Å². The molecule has 0 bridgehead atoms. The van der Waals surface area contributed by atoms with Crippen LogP contribution >= 0.6 is 0 Å². The highest BCUT2D eigenvalue weighted by atomic mass is 16.5. The summed E-state index contributed by atoms with van der Waals surface area (Å²) in [6.07, 6.45) is 3.31. The van der Waals surface area contributed by atoms with E-state index >= 15 is 0 Å². The normalized spacial score (nSPS) is 10.9. The molecule has 0 aliphatic carbocycles. The van der Waals surface area contributed by atoms with Crippen LogP contribution in [0.15, 0.2) is 36.4 Å². The van der Waals surface area contributed by atoms with E-state index in [1.807, 2.05) is 37.4 Å². The maximum atomic E-state index is 11.5. The average molecular weight is 292 g/mol. The first-order chi connectivity index (χ1) is 10.3. The van der Waals surface area contributed by atoms with E-state index in [0.29, 0.717) is 33.0 Å². The third-order valence-electron chi connectivity index (χ3n) is 2.64. The van der Waals surface area contributed by atoms with Gasteiger partial charge in [0.05, 0.1) is 26.4 Å². The molecular weight excluding hydrogens is 268 g/mol. The van der Waals surface area contributed by atoms with Gasteiger partial charge in [-0.15, -0.1) is 0 Å². The fourth-order valence-electron chi connectivity index (χ4n) is 1.54. The van der Waals surface area contributed by atoms with E-state index in [2.05, 4.69) is 10.6 Å². The largest absolute Gasteiger partial charge is 0.378 e. The predicted octanol–water partition coefficient (Wildman–Crippen LogP) is 1.07. The van der Waals surface area contributed by atoms with Crippen LogP contribution in [-0.2, 0) is 14.3 Å². The van der Waals surface area contributed by atoms with Gasteiger partial charge in [0.1, 0.15) is 0 Å². The molecule has 0 unspecified atom stereocenters. The van der Waals surface area contributed by atoms with Crippen molar-refractivity contribution in [2.45, 2.75) is 0 Å². The highest BCUT2D eigenvalue weighted by Gasteiger charge is 1.95. The number of rotatable bonds is 11. The van der Waals surface area contributed by atoms with Gasteiger partial charge in [-0.2, -0.15) is 0 Å². The van der Waals surface area contributed by atoms with Crippen molar-refractivity contribution >= 4 is 12.0 Å². The smallest absolute Gasteiger partial charge is 0.244 e. The van der Waals surface area contributed by atoms with Crippen LogP contribution in [0.2, 0.25) is 0 Å². The molecule has 5 heteroatoms. The van der Waals surface area contributed by atoms with Gasteiger partial charge in [0, 0.05) is 19.2 Å². The quantitative estimate of drug-likeness (QED) is 0.473. The van der Waals surface area contributed by atoms with Crippen LogP contribution in [0, 0.1) is 0 Å². The lowest BCUT2D eigenvalue weighted by atomic mass is 10.2. The molecule has 116 valence electrons. The van der Waals surface area contributed by atoms with Crippen molar-refractivity contribution in [2.24, 2.45) is 0 Å². The monoisotopic (exact) mass is 292 g/mol. The Kier molecular flexibility index (Phi) is 9.99. The van der Waals surface area contributed by atoms with Gasteiger partial charge in [-0.1, -0.05) is 30.3 Å². The van der Waals surface area contributed by atoms with Crippen molar-refractivity contribution in [1.82, 2.24) is 10.6 Å². The summed E-state index contributed by atoms with van der Waals surface area (Å²) in [5.74, 6) is -0.118. The standard InChI is InChI=1S/C16H24N2O3/c1-17-9-11-20-13-14-21-12-10-18-16(19)8-7-15-5-3-2-4-6-15/h2-8,17H,9-14H2,1H3,(H,18,19)/b8-7+. The number of hydrogen-bond donors (Lipinski definition) is 2. The number of amides is 1.